The molecule has 8 nitrogen and oxygen atoms in total. The van der Waals surface area contributed by atoms with Gasteiger partial charge in [0, 0.05) is 32.6 Å². The summed E-state index contributed by atoms with van der Waals surface area (Å²) in [6, 6.07) is 0. The molecule has 0 spiro atoms. The number of ether oxygens (including phenoxy) is 1. The normalized spacial score (nSPS) is 9.92. The third kappa shape index (κ3) is 22.4. The number of hydrogen-bond donors (Lipinski definition) is 3. The number of amides is 1. The molecule has 0 unspecified atom stereocenters. The Morgan fingerprint density at radius 2 is 1.54 bits per heavy atom. The zero-order chi connectivity index (χ0) is 18.2. The number of nitrogens with one attached hydrogen (secondary N) is 1. The first kappa shape index (κ1) is 31.0. The molecule has 0 saturated carbocycles. The van der Waals surface area contributed by atoms with Crippen LogP contribution < -0.4 is 5.32 Å². The number of unbranched alkanes of at least 4 members (excludes halogenated alkanes) is 2. The number of nitrogens with zero attached hydrogens (tertiary/aromatic N) is 1. The third-order valence-corrected chi connectivity index (χ3v) is 3.41. The number of carboxylic acid groups (broad SMARTS) is 2. The molecule has 0 rings (SSSR count). The van der Waals surface area contributed by atoms with E-state index >= 15 is 0 Å². The predicted octanol–water partition coefficient (Wildman–Crippen LogP) is -0.346. The molecule has 0 aromatic rings. The minimum atomic E-state index is -0.913. The van der Waals surface area contributed by atoms with Crippen LogP contribution in [0, 0.1) is 0 Å². The van der Waals surface area contributed by atoms with Gasteiger partial charge in [0.05, 0.1) is 26.1 Å². The maximum atomic E-state index is 11.6. The van der Waals surface area contributed by atoms with E-state index in [1.54, 1.807) is 0 Å². The standard InChI is InChI=1S/C16H30N2O6.2Na.2H/c1-2-3-4-5-14(19)17-8-10-18(9-6-15(20)21)11-13-24-12-7-16(22)23;;;;/h2-13H2,1H3,(H,17,19)(H,20,21)(H,22,23);;;;. The fourth-order valence-electron chi connectivity index (χ4n) is 2.02. The summed E-state index contributed by atoms with van der Waals surface area (Å²) in [6.07, 6.45) is 3.45. The summed E-state index contributed by atoms with van der Waals surface area (Å²) in [4.78, 5) is 34.6. The summed E-state index contributed by atoms with van der Waals surface area (Å²) >= 11 is 0. The molecular formula is C16H32N2Na2O6. The summed E-state index contributed by atoms with van der Waals surface area (Å²) in [5.74, 6) is -1.78. The number of hydrogen-bond acceptors (Lipinski definition) is 5. The average Bonchev–Trinajstić information content (AvgIpc) is 2.51. The molecule has 0 radical (unpaired) electrons. The van der Waals surface area contributed by atoms with Crippen LogP contribution in [0.1, 0.15) is 45.4 Å². The Morgan fingerprint density at radius 3 is 2.12 bits per heavy atom. The van der Waals surface area contributed by atoms with Gasteiger partial charge in [-0.25, -0.2) is 0 Å². The molecule has 1 amide bonds. The Hall–Kier alpha value is 0.330. The second-order valence-electron chi connectivity index (χ2n) is 5.55. The van der Waals surface area contributed by atoms with Crippen molar-refractivity contribution in [1.82, 2.24) is 10.2 Å². The number of carbonyl (C=O) groups is 3. The van der Waals surface area contributed by atoms with Gasteiger partial charge in [0.1, 0.15) is 0 Å². The Bertz CT molecular complexity index is 386. The number of carbonyl (C=O) groups excluding carboxylic acids is 1. The van der Waals surface area contributed by atoms with Crippen molar-refractivity contribution in [2.24, 2.45) is 0 Å². The summed E-state index contributed by atoms with van der Waals surface area (Å²) in [7, 11) is 0. The SMILES string of the molecule is CCCCCC(=O)NCCN(CCOCCC(=O)O)CCC(=O)O.[NaH].[NaH]. The van der Waals surface area contributed by atoms with Crippen molar-refractivity contribution in [2.45, 2.75) is 45.4 Å². The Balaban J connectivity index is -0.00000264. The van der Waals surface area contributed by atoms with Gasteiger partial charge in [-0.1, -0.05) is 19.8 Å². The molecule has 0 aliphatic carbocycles. The molecule has 0 saturated heterocycles. The average molecular weight is 394 g/mol. The van der Waals surface area contributed by atoms with Crippen LogP contribution in [0.25, 0.3) is 0 Å². The summed E-state index contributed by atoms with van der Waals surface area (Å²) in [5, 5.41) is 20.1. The quantitative estimate of drug-likeness (QED) is 0.242. The van der Waals surface area contributed by atoms with Crippen molar-refractivity contribution in [3.8, 4) is 0 Å². The van der Waals surface area contributed by atoms with Gasteiger partial charge < -0.3 is 20.3 Å². The van der Waals surface area contributed by atoms with E-state index in [-0.39, 0.29) is 84.5 Å². The number of aliphatic carboxylic acids is 2. The fraction of sp³-hybridized carbons (Fsp3) is 0.812. The van der Waals surface area contributed by atoms with E-state index in [9.17, 15) is 14.4 Å². The Morgan fingerprint density at radius 1 is 0.885 bits per heavy atom. The minimum absolute atomic E-state index is 0. The molecule has 0 heterocycles. The van der Waals surface area contributed by atoms with Gasteiger partial charge >= 0.3 is 71.1 Å². The van der Waals surface area contributed by atoms with Crippen molar-refractivity contribution in [1.29, 1.82) is 0 Å². The van der Waals surface area contributed by atoms with Crippen LogP contribution in [0.3, 0.4) is 0 Å². The molecule has 0 aromatic carbocycles. The van der Waals surface area contributed by atoms with Crippen LogP contribution in [0.15, 0.2) is 0 Å². The molecule has 0 bridgehead atoms. The molecule has 0 fully saturated rings. The molecule has 26 heavy (non-hydrogen) atoms. The van der Waals surface area contributed by atoms with Crippen molar-refractivity contribution < 1.29 is 29.3 Å². The second-order valence-corrected chi connectivity index (χ2v) is 5.55. The first-order chi connectivity index (χ1) is 11.5. The summed E-state index contributed by atoms with van der Waals surface area (Å²) < 4.78 is 5.22. The van der Waals surface area contributed by atoms with Crippen molar-refractivity contribution in [3.63, 3.8) is 0 Å². The molecule has 0 aliphatic heterocycles. The van der Waals surface area contributed by atoms with Crippen LogP contribution in [-0.2, 0) is 19.1 Å². The zero-order valence-corrected chi connectivity index (χ0v) is 14.5. The third-order valence-electron chi connectivity index (χ3n) is 3.41. The first-order valence-corrected chi connectivity index (χ1v) is 8.46. The van der Waals surface area contributed by atoms with Crippen molar-refractivity contribution >= 4 is 77.0 Å². The van der Waals surface area contributed by atoms with Gasteiger partial charge in [0.25, 0.3) is 0 Å². The van der Waals surface area contributed by atoms with E-state index in [0.717, 1.165) is 19.3 Å². The molecule has 0 atom stereocenters. The maximum absolute atomic E-state index is 11.6. The summed E-state index contributed by atoms with van der Waals surface area (Å²) in [5.41, 5.74) is 0. The van der Waals surface area contributed by atoms with E-state index in [2.05, 4.69) is 12.2 Å². The van der Waals surface area contributed by atoms with Crippen LogP contribution in [0.2, 0.25) is 0 Å². The van der Waals surface area contributed by atoms with Gasteiger partial charge in [-0.2, -0.15) is 0 Å². The van der Waals surface area contributed by atoms with E-state index in [1.165, 1.54) is 0 Å². The van der Waals surface area contributed by atoms with Crippen LogP contribution in [-0.4, -0.2) is 131 Å². The molecule has 0 aliphatic rings. The van der Waals surface area contributed by atoms with Gasteiger partial charge in [0.15, 0.2) is 0 Å². The number of rotatable bonds is 16. The topological polar surface area (TPSA) is 116 Å². The van der Waals surface area contributed by atoms with Crippen LogP contribution in [0.5, 0.6) is 0 Å². The molecule has 3 N–H and O–H groups in total. The number of carboxylic acids is 2. The Labute approximate surface area is 200 Å². The second kappa shape index (κ2) is 21.6. The van der Waals surface area contributed by atoms with Gasteiger partial charge in [-0.3, -0.25) is 19.3 Å². The van der Waals surface area contributed by atoms with Gasteiger partial charge in [-0.05, 0) is 6.42 Å². The van der Waals surface area contributed by atoms with Crippen molar-refractivity contribution in [3.05, 3.63) is 0 Å². The van der Waals surface area contributed by atoms with Crippen LogP contribution >= 0.6 is 0 Å². The van der Waals surface area contributed by atoms with E-state index < -0.39 is 11.9 Å². The predicted molar refractivity (Wildman–Crippen MR) is 103 cm³/mol. The molecular weight excluding hydrogens is 362 g/mol. The van der Waals surface area contributed by atoms with E-state index in [4.69, 9.17) is 14.9 Å². The van der Waals surface area contributed by atoms with E-state index in [0.29, 0.717) is 39.2 Å². The molecule has 0 aromatic heterocycles. The summed E-state index contributed by atoms with van der Waals surface area (Å²) in [6.45, 7) is 4.40. The molecule has 144 valence electrons. The van der Waals surface area contributed by atoms with E-state index in [1.807, 2.05) is 4.90 Å². The Kier molecular flexibility index (Phi) is 25.8. The molecule has 10 heteroatoms. The van der Waals surface area contributed by atoms with Gasteiger partial charge in [-0.15, -0.1) is 0 Å². The zero-order valence-electron chi connectivity index (χ0n) is 14.5. The monoisotopic (exact) mass is 394 g/mol. The van der Waals surface area contributed by atoms with Crippen molar-refractivity contribution in [2.75, 3.05) is 39.4 Å². The van der Waals surface area contributed by atoms with Gasteiger partial charge in [0.2, 0.25) is 5.91 Å². The first-order valence-electron chi connectivity index (χ1n) is 8.46. The fourth-order valence-corrected chi connectivity index (χ4v) is 2.02. The van der Waals surface area contributed by atoms with Crippen LogP contribution in [0.4, 0.5) is 0 Å².